The first kappa shape index (κ1) is 20.9. The van der Waals surface area contributed by atoms with Gasteiger partial charge in [0.2, 0.25) is 15.9 Å². The summed E-state index contributed by atoms with van der Waals surface area (Å²) < 4.78 is 31.8. The summed E-state index contributed by atoms with van der Waals surface area (Å²) in [5.41, 5.74) is 0.939. The number of amides is 1. The number of anilines is 1. The molecular formula is C19H25N3O4S. The van der Waals surface area contributed by atoms with Crippen LogP contribution in [0.2, 0.25) is 0 Å². The Morgan fingerprint density at radius 2 is 1.93 bits per heavy atom. The van der Waals surface area contributed by atoms with E-state index in [1.54, 1.807) is 37.3 Å². The first-order chi connectivity index (χ1) is 12.5. The lowest BCUT2D eigenvalue weighted by atomic mass is 9.87. The second kappa shape index (κ2) is 8.06. The second-order valence-corrected chi connectivity index (χ2v) is 9.17. The van der Waals surface area contributed by atoms with Crippen molar-refractivity contribution in [1.29, 1.82) is 0 Å². The molecule has 1 aromatic heterocycles. The van der Waals surface area contributed by atoms with Crippen LogP contribution in [0, 0.1) is 6.92 Å². The zero-order valence-corrected chi connectivity index (χ0v) is 16.8. The van der Waals surface area contributed by atoms with Gasteiger partial charge in [0, 0.05) is 12.6 Å². The van der Waals surface area contributed by atoms with Crippen LogP contribution in [0.25, 0.3) is 0 Å². The van der Waals surface area contributed by atoms with Gasteiger partial charge in [-0.2, -0.15) is 4.31 Å². The summed E-state index contributed by atoms with van der Waals surface area (Å²) in [6.07, 6.45) is 1.44. The number of nitrogens with one attached hydrogen (secondary N) is 1. The summed E-state index contributed by atoms with van der Waals surface area (Å²) in [6, 6.07) is 8.25. The van der Waals surface area contributed by atoms with Crippen LogP contribution in [0.1, 0.15) is 32.1 Å². The van der Waals surface area contributed by atoms with Crippen LogP contribution in [0.15, 0.2) is 52.4 Å². The zero-order chi connectivity index (χ0) is 20.2. The number of hydrogen-bond acceptors (Lipinski definition) is 5. The van der Waals surface area contributed by atoms with Crippen LogP contribution in [0.5, 0.6) is 0 Å². The summed E-state index contributed by atoms with van der Waals surface area (Å²) in [7, 11) is -3.85. The molecule has 0 fully saturated rings. The van der Waals surface area contributed by atoms with Gasteiger partial charge >= 0.3 is 0 Å². The molecule has 0 saturated carbocycles. The Morgan fingerprint density at radius 1 is 1.30 bits per heavy atom. The minimum atomic E-state index is -3.85. The van der Waals surface area contributed by atoms with Gasteiger partial charge in [-0.3, -0.25) is 4.79 Å². The Bertz CT molecular complexity index is 909. The SMILES string of the molecule is C=CCN(CC(=O)Nc1cc(C)on1)S(=O)(=O)c1ccc(C(C)(C)C)cc1. The number of carbonyl (C=O) groups is 1. The zero-order valence-electron chi connectivity index (χ0n) is 16.0. The van der Waals surface area contributed by atoms with E-state index < -0.39 is 15.9 Å². The van der Waals surface area contributed by atoms with E-state index in [0.717, 1.165) is 9.87 Å². The first-order valence-electron chi connectivity index (χ1n) is 8.49. The van der Waals surface area contributed by atoms with Gasteiger partial charge < -0.3 is 9.84 Å². The van der Waals surface area contributed by atoms with Crippen LogP contribution in [0.4, 0.5) is 5.82 Å². The number of nitrogens with zero attached hydrogens (tertiary/aromatic N) is 2. The van der Waals surface area contributed by atoms with Gasteiger partial charge in [0.25, 0.3) is 0 Å². The van der Waals surface area contributed by atoms with Gasteiger partial charge in [0.1, 0.15) is 5.76 Å². The maximum absolute atomic E-state index is 12.9. The highest BCUT2D eigenvalue weighted by Crippen LogP contribution is 2.24. The van der Waals surface area contributed by atoms with Crippen molar-refractivity contribution >= 4 is 21.7 Å². The van der Waals surface area contributed by atoms with Crippen LogP contribution in [-0.2, 0) is 20.2 Å². The molecule has 0 saturated heterocycles. The topological polar surface area (TPSA) is 92.5 Å². The molecule has 146 valence electrons. The molecule has 0 bridgehead atoms. The molecule has 0 spiro atoms. The van der Waals surface area contributed by atoms with Gasteiger partial charge in [-0.1, -0.05) is 44.1 Å². The third-order valence-corrected chi connectivity index (χ3v) is 5.73. The van der Waals surface area contributed by atoms with Crippen molar-refractivity contribution in [1.82, 2.24) is 9.46 Å². The molecule has 0 unspecified atom stereocenters. The fraction of sp³-hybridized carbons (Fsp3) is 0.368. The number of carbonyl (C=O) groups excluding carboxylic acids is 1. The Balaban J connectivity index is 2.20. The smallest absolute Gasteiger partial charge is 0.243 e. The average Bonchev–Trinajstić information content (AvgIpc) is 2.98. The third kappa shape index (κ3) is 5.27. The van der Waals surface area contributed by atoms with Gasteiger partial charge in [-0.05, 0) is 30.0 Å². The number of benzene rings is 1. The molecule has 1 heterocycles. The molecule has 0 aliphatic carbocycles. The Labute approximate surface area is 160 Å². The monoisotopic (exact) mass is 391 g/mol. The molecule has 27 heavy (non-hydrogen) atoms. The van der Waals surface area contributed by atoms with E-state index in [-0.39, 0.29) is 29.2 Å². The van der Waals surface area contributed by atoms with E-state index in [4.69, 9.17) is 4.52 Å². The molecule has 2 rings (SSSR count). The predicted molar refractivity (Wildman–Crippen MR) is 104 cm³/mol. The average molecular weight is 391 g/mol. The summed E-state index contributed by atoms with van der Waals surface area (Å²) in [6.45, 7) is 11.1. The van der Waals surface area contributed by atoms with Crippen molar-refractivity contribution in [2.24, 2.45) is 0 Å². The number of aromatic nitrogens is 1. The quantitative estimate of drug-likeness (QED) is 0.732. The summed E-state index contributed by atoms with van der Waals surface area (Å²) in [4.78, 5) is 12.4. The predicted octanol–water partition coefficient (Wildman–Crippen LogP) is 3.10. The maximum atomic E-state index is 12.9. The molecule has 0 radical (unpaired) electrons. The number of hydrogen-bond donors (Lipinski definition) is 1. The molecule has 0 aliphatic rings. The molecule has 1 amide bonds. The Kier molecular flexibility index (Phi) is 6.22. The van der Waals surface area contributed by atoms with E-state index in [2.05, 4.69) is 37.8 Å². The lowest BCUT2D eigenvalue weighted by Gasteiger charge is -2.22. The van der Waals surface area contributed by atoms with Gasteiger partial charge in [0.05, 0.1) is 11.4 Å². The number of sulfonamides is 1. The normalized spacial score (nSPS) is 12.2. The largest absolute Gasteiger partial charge is 0.360 e. The molecule has 7 nitrogen and oxygen atoms in total. The number of rotatable bonds is 7. The van der Waals surface area contributed by atoms with Crippen LogP contribution < -0.4 is 5.32 Å². The van der Waals surface area contributed by atoms with E-state index in [9.17, 15) is 13.2 Å². The van der Waals surface area contributed by atoms with E-state index >= 15 is 0 Å². The van der Waals surface area contributed by atoms with E-state index in [0.29, 0.717) is 5.76 Å². The summed E-state index contributed by atoms with van der Waals surface area (Å²) in [5, 5.41) is 6.19. The van der Waals surface area contributed by atoms with Gasteiger partial charge in [0.15, 0.2) is 5.82 Å². The van der Waals surface area contributed by atoms with Crippen LogP contribution in [0.3, 0.4) is 0 Å². The van der Waals surface area contributed by atoms with Gasteiger partial charge in [-0.25, -0.2) is 8.42 Å². The minimum absolute atomic E-state index is 0.00855. The van der Waals surface area contributed by atoms with Crippen molar-refractivity contribution in [3.8, 4) is 0 Å². The molecule has 0 aliphatic heterocycles. The highest BCUT2D eigenvalue weighted by atomic mass is 32.2. The molecular weight excluding hydrogens is 366 g/mol. The van der Waals surface area contributed by atoms with Crippen molar-refractivity contribution in [2.75, 3.05) is 18.4 Å². The second-order valence-electron chi connectivity index (χ2n) is 7.23. The van der Waals surface area contributed by atoms with Crippen molar-refractivity contribution in [3.05, 3.63) is 54.3 Å². The maximum Gasteiger partial charge on any atom is 0.243 e. The van der Waals surface area contributed by atoms with E-state index in [1.807, 2.05) is 0 Å². The highest BCUT2D eigenvalue weighted by Gasteiger charge is 2.26. The minimum Gasteiger partial charge on any atom is -0.360 e. The molecule has 1 N–H and O–H groups in total. The molecule has 8 heteroatoms. The van der Waals surface area contributed by atoms with Gasteiger partial charge in [-0.15, -0.1) is 6.58 Å². The molecule has 0 atom stereocenters. The Morgan fingerprint density at radius 3 is 2.41 bits per heavy atom. The van der Waals surface area contributed by atoms with Crippen LogP contribution in [-0.4, -0.2) is 36.9 Å². The fourth-order valence-electron chi connectivity index (χ4n) is 2.44. The number of aryl methyl sites for hydroxylation is 1. The molecule has 2 aromatic rings. The fourth-order valence-corrected chi connectivity index (χ4v) is 3.80. The summed E-state index contributed by atoms with van der Waals surface area (Å²) >= 11 is 0. The standard InChI is InChI=1S/C19H25N3O4S/c1-6-11-22(13-18(23)20-17-12-14(2)26-21-17)27(24,25)16-9-7-15(8-10-16)19(3,4)5/h6-10,12H,1,11,13H2,2-5H3,(H,20,21,23). The Hall–Kier alpha value is -2.45. The molecule has 1 aromatic carbocycles. The third-order valence-electron chi connectivity index (χ3n) is 3.91. The van der Waals surface area contributed by atoms with Crippen molar-refractivity contribution < 1.29 is 17.7 Å². The van der Waals surface area contributed by atoms with E-state index in [1.165, 1.54) is 6.08 Å². The van der Waals surface area contributed by atoms with Crippen molar-refractivity contribution in [3.63, 3.8) is 0 Å². The van der Waals surface area contributed by atoms with Crippen molar-refractivity contribution in [2.45, 2.75) is 38.0 Å². The lowest BCUT2D eigenvalue weighted by Crippen LogP contribution is -2.38. The lowest BCUT2D eigenvalue weighted by molar-refractivity contribution is -0.116. The van der Waals surface area contributed by atoms with Crippen LogP contribution >= 0.6 is 0 Å². The first-order valence-corrected chi connectivity index (χ1v) is 9.93. The summed E-state index contributed by atoms with van der Waals surface area (Å²) in [5.74, 6) is 0.267. The highest BCUT2D eigenvalue weighted by molar-refractivity contribution is 7.89.